The molecule has 106 valence electrons. The van der Waals surface area contributed by atoms with Crippen molar-refractivity contribution < 1.29 is 15.0 Å². The first-order valence-electron chi connectivity index (χ1n) is 6.07. The number of aliphatic hydroxyl groups excluding tert-OH is 2. The van der Waals surface area contributed by atoms with E-state index in [0.29, 0.717) is 23.8 Å². The quantitative estimate of drug-likeness (QED) is 0.696. The molecular weight excluding hydrogens is 268 g/mol. The molecule has 5 nitrogen and oxygen atoms in total. The van der Waals surface area contributed by atoms with Gasteiger partial charge in [0.15, 0.2) is 0 Å². The minimum Gasteiger partial charge on any atom is -0.395 e. The maximum Gasteiger partial charge on any atom is 0.238 e. The van der Waals surface area contributed by atoms with Crippen LogP contribution < -0.4 is 5.32 Å². The molecule has 0 saturated carbocycles. The number of halogens is 1. The van der Waals surface area contributed by atoms with Crippen LogP contribution in [0.25, 0.3) is 0 Å². The smallest absolute Gasteiger partial charge is 0.238 e. The highest BCUT2D eigenvalue weighted by atomic mass is 35.5. The lowest BCUT2D eigenvalue weighted by Crippen LogP contribution is -2.37. The van der Waals surface area contributed by atoms with Gasteiger partial charge in [-0.3, -0.25) is 9.69 Å². The van der Waals surface area contributed by atoms with E-state index in [1.54, 1.807) is 11.0 Å². The summed E-state index contributed by atoms with van der Waals surface area (Å²) in [6.45, 7) is 2.54. The Kier molecular flexibility index (Phi) is 6.80. The minimum atomic E-state index is -0.224. The summed E-state index contributed by atoms with van der Waals surface area (Å²) in [4.78, 5) is 13.6. The van der Waals surface area contributed by atoms with Crippen LogP contribution in [0.5, 0.6) is 0 Å². The molecule has 0 aliphatic rings. The second-order valence-corrected chi connectivity index (χ2v) is 4.61. The van der Waals surface area contributed by atoms with Crippen molar-refractivity contribution in [3.63, 3.8) is 0 Å². The molecule has 1 amide bonds. The van der Waals surface area contributed by atoms with Crippen LogP contribution in [0.4, 0.5) is 5.69 Å². The Morgan fingerprint density at radius 2 is 1.95 bits per heavy atom. The number of rotatable bonds is 7. The molecule has 0 saturated heterocycles. The molecule has 0 unspecified atom stereocenters. The number of nitrogens with one attached hydrogen (secondary N) is 1. The number of nitrogens with zero attached hydrogens (tertiary/aromatic N) is 1. The third-order valence-corrected chi connectivity index (χ3v) is 3.00. The predicted octanol–water partition coefficient (Wildman–Crippen LogP) is 0.874. The van der Waals surface area contributed by atoms with Crippen molar-refractivity contribution in [3.05, 3.63) is 28.8 Å². The molecular formula is C13H19ClN2O3. The number of hydrogen-bond donors (Lipinski definition) is 3. The van der Waals surface area contributed by atoms with Gasteiger partial charge in [-0.2, -0.15) is 0 Å². The molecule has 1 aromatic carbocycles. The van der Waals surface area contributed by atoms with E-state index in [4.69, 9.17) is 21.8 Å². The summed E-state index contributed by atoms with van der Waals surface area (Å²) in [6, 6.07) is 5.39. The maximum absolute atomic E-state index is 11.9. The van der Waals surface area contributed by atoms with E-state index < -0.39 is 0 Å². The lowest BCUT2D eigenvalue weighted by molar-refractivity contribution is -0.117. The van der Waals surface area contributed by atoms with E-state index in [0.717, 1.165) is 5.56 Å². The highest BCUT2D eigenvalue weighted by Crippen LogP contribution is 2.24. The van der Waals surface area contributed by atoms with E-state index >= 15 is 0 Å². The summed E-state index contributed by atoms with van der Waals surface area (Å²) < 4.78 is 0. The number of anilines is 1. The third-order valence-electron chi connectivity index (χ3n) is 2.69. The van der Waals surface area contributed by atoms with Gasteiger partial charge in [0.25, 0.3) is 0 Å². The summed E-state index contributed by atoms with van der Waals surface area (Å²) in [5, 5.41) is 21.0. The summed E-state index contributed by atoms with van der Waals surface area (Å²) in [6.07, 6.45) is 0. The Bertz CT molecular complexity index is 400. The molecule has 0 radical (unpaired) electrons. The van der Waals surface area contributed by atoms with E-state index in [-0.39, 0.29) is 25.7 Å². The Labute approximate surface area is 117 Å². The fourth-order valence-electron chi connectivity index (χ4n) is 1.73. The van der Waals surface area contributed by atoms with Crippen molar-refractivity contribution >= 4 is 23.2 Å². The zero-order valence-corrected chi connectivity index (χ0v) is 11.7. The molecule has 6 heteroatoms. The molecule has 0 aliphatic heterocycles. The average molecular weight is 287 g/mol. The van der Waals surface area contributed by atoms with E-state index in [1.165, 1.54) is 0 Å². The minimum absolute atomic E-state index is 0.0571. The normalized spacial score (nSPS) is 10.8. The molecule has 3 N–H and O–H groups in total. The highest BCUT2D eigenvalue weighted by molar-refractivity contribution is 6.33. The van der Waals surface area contributed by atoms with Gasteiger partial charge in [0, 0.05) is 13.1 Å². The number of carbonyl (C=O) groups excluding carboxylic acids is 1. The van der Waals surface area contributed by atoms with Gasteiger partial charge < -0.3 is 15.5 Å². The van der Waals surface area contributed by atoms with Crippen molar-refractivity contribution in [2.45, 2.75) is 6.92 Å². The molecule has 0 atom stereocenters. The van der Waals surface area contributed by atoms with E-state index in [9.17, 15) is 4.79 Å². The van der Waals surface area contributed by atoms with Gasteiger partial charge in [-0.1, -0.05) is 23.7 Å². The zero-order valence-electron chi connectivity index (χ0n) is 10.9. The summed E-state index contributed by atoms with van der Waals surface area (Å²) >= 11 is 6.02. The second-order valence-electron chi connectivity index (χ2n) is 4.20. The molecule has 0 aliphatic carbocycles. The predicted molar refractivity (Wildman–Crippen MR) is 75.4 cm³/mol. The number of amides is 1. The van der Waals surface area contributed by atoms with Crippen LogP contribution in [0.1, 0.15) is 5.56 Å². The Morgan fingerprint density at radius 3 is 2.47 bits per heavy atom. The van der Waals surface area contributed by atoms with Crippen LogP contribution in [0, 0.1) is 6.92 Å². The van der Waals surface area contributed by atoms with Gasteiger partial charge in [0.1, 0.15) is 0 Å². The lowest BCUT2D eigenvalue weighted by atomic mass is 10.2. The van der Waals surface area contributed by atoms with Gasteiger partial charge in [0.05, 0.1) is 30.5 Å². The fraction of sp³-hybridized carbons (Fsp3) is 0.462. The molecule has 1 aromatic rings. The second kappa shape index (κ2) is 8.12. The lowest BCUT2D eigenvalue weighted by Gasteiger charge is -2.20. The fourth-order valence-corrected chi connectivity index (χ4v) is 1.99. The van der Waals surface area contributed by atoms with Gasteiger partial charge in [0.2, 0.25) is 5.91 Å². The van der Waals surface area contributed by atoms with Crippen LogP contribution in [0.2, 0.25) is 5.02 Å². The van der Waals surface area contributed by atoms with Crippen LogP contribution in [0.15, 0.2) is 18.2 Å². The van der Waals surface area contributed by atoms with E-state index in [2.05, 4.69) is 5.32 Å². The van der Waals surface area contributed by atoms with Crippen LogP contribution in [-0.2, 0) is 4.79 Å². The van der Waals surface area contributed by atoms with Crippen molar-refractivity contribution in [1.82, 2.24) is 4.90 Å². The van der Waals surface area contributed by atoms with Crippen LogP contribution in [0.3, 0.4) is 0 Å². The van der Waals surface area contributed by atoms with Gasteiger partial charge in [-0.15, -0.1) is 0 Å². The Balaban J connectivity index is 2.63. The molecule has 19 heavy (non-hydrogen) atoms. The largest absolute Gasteiger partial charge is 0.395 e. The first-order valence-corrected chi connectivity index (χ1v) is 6.45. The highest BCUT2D eigenvalue weighted by Gasteiger charge is 2.12. The Hall–Kier alpha value is -1.14. The number of carbonyl (C=O) groups is 1. The SMILES string of the molecule is Cc1cccc(Cl)c1NC(=O)CN(CCO)CCO. The van der Waals surface area contributed by atoms with E-state index in [1.807, 2.05) is 19.1 Å². The summed E-state index contributed by atoms with van der Waals surface area (Å²) in [7, 11) is 0. The van der Waals surface area contributed by atoms with Crippen molar-refractivity contribution in [2.75, 3.05) is 38.2 Å². The number of aliphatic hydroxyl groups is 2. The van der Waals surface area contributed by atoms with Gasteiger partial charge in [-0.25, -0.2) is 0 Å². The molecule has 0 aromatic heterocycles. The van der Waals surface area contributed by atoms with Crippen molar-refractivity contribution in [1.29, 1.82) is 0 Å². The number of benzene rings is 1. The monoisotopic (exact) mass is 286 g/mol. The summed E-state index contributed by atoms with van der Waals surface area (Å²) in [5.41, 5.74) is 1.49. The molecule has 0 heterocycles. The summed E-state index contributed by atoms with van der Waals surface area (Å²) in [5.74, 6) is -0.224. The first-order chi connectivity index (χ1) is 9.08. The van der Waals surface area contributed by atoms with Crippen molar-refractivity contribution in [3.8, 4) is 0 Å². The standard InChI is InChI=1S/C13H19ClN2O3/c1-10-3-2-4-11(14)13(10)15-12(19)9-16(5-7-17)6-8-18/h2-4,17-18H,5-9H2,1H3,(H,15,19). The maximum atomic E-state index is 11.9. The van der Waals surface area contributed by atoms with Crippen molar-refractivity contribution in [2.24, 2.45) is 0 Å². The topological polar surface area (TPSA) is 72.8 Å². The third kappa shape index (κ3) is 5.16. The number of aryl methyl sites for hydroxylation is 1. The van der Waals surface area contributed by atoms with Gasteiger partial charge >= 0.3 is 0 Å². The first kappa shape index (κ1) is 15.9. The molecule has 0 bridgehead atoms. The van der Waals surface area contributed by atoms with Crippen LogP contribution >= 0.6 is 11.6 Å². The molecule has 0 fully saturated rings. The Morgan fingerprint density at radius 1 is 1.32 bits per heavy atom. The zero-order chi connectivity index (χ0) is 14.3. The average Bonchev–Trinajstić information content (AvgIpc) is 2.35. The molecule has 0 spiro atoms. The van der Waals surface area contributed by atoms with Crippen LogP contribution in [-0.4, -0.2) is 53.9 Å². The number of para-hydroxylation sites is 1. The number of hydrogen-bond acceptors (Lipinski definition) is 4. The van der Waals surface area contributed by atoms with Gasteiger partial charge in [-0.05, 0) is 18.6 Å². The molecule has 1 rings (SSSR count).